The zero-order chi connectivity index (χ0) is 16.8. The fraction of sp³-hybridized carbons (Fsp3) is 0.176. The Balaban J connectivity index is 1.97. The summed E-state index contributed by atoms with van der Waals surface area (Å²) in [6.45, 7) is 1.77. The third-order valence-electron chi connectivity index (χ3n) is 2.99. The van der Waals surface area contributed by atoms with Gasteiger partial charge in [0.2, 0.25) is 0 Å². The minimum atomic E-state index is -1.00. The quantitative estimate of drug-likeness (QED) is 0.791. The molecule has 0 saturated carbocycles. The first-order valence-corrected chi connectivity index (χ1v) is 6.89. The van der Waals surface area contributed by atoms with Crippen molar-refractivity contribution in [3.63, 3.8) is 0 Å². The van der Waals surface area contributed by atoms with Crippen LogP contribution in [0.15, 0.2) is 42.5 Å². The average Bonchev–Trinajstić information content (AvgIpc) is 2.56. The van der Waals surface area contributed by atoms with Gasteiger partial charge in [0, 0.05) is 0 Å². The van der Waals surface area contributed by atoms with Crippen LogP contribution in [0.1, 0.15) is 33.2 Å². The number of carbonyl (C=O) groups excluding carboxylic acids is 2. The second-order valence-corrected chi connectivity index (χ2v) is 4.62. The molecule has 0 saturated heterocycles. The molecule has 0 unspecified atom stereocenters. The summed E-state index contributed by atoms with van der Waals surface area (Å²) < 4.78 is 35.7. The molecule has 2 aromatic carbocycles. The van der Waals surface area contributed by atoms with Crippen molar-refractivity contribution in [3.05, 3.63) is 70.8 Å². The lowest BCUT2D eigenvalue weighted by atomic mass is 10.1. The van der Waals surface area contributed by atoms with Gasteiger partial charge in [-0.3, -0.25) is 0 Å². The highest BCUT2D eigenvalue weighted by Gasteiger charge is 2.11. The molecule has 6 heteroatoms. The molecule has 0 spiro atoms. The third-order valence-corrected chi connectivity index (χ3v) is 2.99. The molecule has 0 heterocycles. The summed E-state index contributed by atoms with van der Waals surface area (Å²) in [5, 5.41) is 0. The molecule has 120 valence electrons. The van der Waals surface area contributed by atoms with Crippen molar-refractivity contribution in [2.24, 2.45) is 0 Å². The number of hydrogen-bond donors (Lipinski definition) is 0. The molecule has 0 radical (unpaired) electrons. The second kappa shape index (κ2) is 7.49. The van der Waals surface area contributed by atoms with Crippen molar-refractivity contribution in [1.82, 2.24) is 0 Å². The Kier molecular flexibility index (Phi) is 5.41. The van der Waals surface area contributed by atoms with E-state index in [4.69, 9.17) is 9.47 Å². The van der Waals surface area contributed by atoms with E-state index in [0.29, 0.717) is 11.1 Å². The fourth-order valence-corrected chi connectivity index (χ4v) is 1.82. The summed E-state index contributed by atoms with van der Waals surface area (Å²) in [6, 6.07) is 9.02. The Morgan fingerprint density at radius 3 is 1.96 bits per heavy atom. The molecule has 0 fully saturated rings. The maximum Gasteiger partial charge on any atom is 0.338 e. The van der Waals surface area contributed by atoms with Crippen molar-refractivity contribution in [2.75, 3.05) is 6.61 Å². The number of esters is 2. The predicted molar refractivity (Wildman–Crippen MR) is 77.9 cm³/mol. The van der Waals surface area contributed by atoms with Crippen LogP contribution in [0.25, 0.3) is 0 Å². The molecule has 0 aliphatic rings. The SMILES string of the molecule is CCOC(=O)c1ccc(C(=O)OCc2ccc(F)c(F)c2)cc1. The van der Waals surface area contributed by atoms with Crippen LogP contribution in [0, 0.1) is 11.6 Å². The summed E-state index contributed by atoms with van der Waals surface area (Å²) >= 11 is 0. The second-order valence-electron chi connectivity index (χ2n) is 4.62. The minimum Gasteiger partial charge on any atom is -0.462 e. The largest absolute Gasteiger partial charge is 0.462 e. The van der Waals surface area contributed by atoms with Gasteiger partial charge in [-0.25, -0.2) is 18.4 Å². The summed E-state index contributed by atoms with van der Waals surface area (Å²) in [5.74, 6) is -3.08. The molecule has 0 N–H and O–H groups in total. The summed E-state index contributed by atoms with van der Waals surface area (Å²) in [7, 11) is 0. The molecule has 2 aromatic rings. The topological polar surface area (TPSA) is 52.6 Å². The molecule has 0 amide bonds. The van der Waals surface area contributed by atoms with Gasteiger partial charge in [0.05, 0.1) is 17.7 Å². The molecular weight excluding hydrogens is 306 g/mol. The molecule has 4 nitrogen and oxygen atoms in total. The highest BCUT2D eigenvalue weighted by molar-refractivity contribution is 5.93. The Morgan fingerprint density at radius 2 is 1.43 bits per heavy atom. The van der Waals surface area contributed by atoms with Crippen molar-refractivity contribution in [3.8, 4) is 0 Å². The average molecular weight is 320 g/mol. The summed E-state index contributed by atoms with van der Waals surface area (Å²) in [4.78, 5) is 23.4. The van der Waals surface area contributed by atoms with Gasteiger partial charge in [0.15, 0.2) is 11.6 Å². The van der Waals surface area contributed by atoms with E-state index in [1.165, 1.54) is 30.3 Å². The van der Waals surface area contributed by atoms with Crippen LogP contribution in [-0.2, 0) is 16.1 Å². The molecule has 0 aromatic heterocycles. The van der Waals surface area contributed by atoms with E-state index in [-0.39, 0.29) is 18.8 Å². The smallest absolute Gasteiger partial charge is 0.338 e. The zero-order valence-corrected chi connectivity index (χ0v) is 12.3. The predicted octanol–water partition coefficient (Wildman–Crippen LogP) is 3.50. The Hall–Kier alpha value is -2.76. The lowest BCUT2D eigenvalue weighted by Gasteiger charge is -2.06. The van der Waals surface area contributed by atoms with Crippen LogP contribution in [0.3, 0.4) is 0 Å². The molecule has 0 aliphatic carbocycles. The highest BCUT2D eigenvalue weighted by Crippen LogP contribution is 2.12. The van der Waals surface area contributed by atoms with E-state index < -0.39 is 23.6 Å². The number of hydrogen-bond acceptors (Lipinski definition) is 4. The number of halogens is 2. The van der Waals surface area contributed by atoms with Gasteiger partial charge >= 0.3 is 11.9 Å². The number of ether oxygens (including phenoxy) is 2. The van der Waals surface area contributed by atoms with Crippen LogP contribution in [-0.4, -0.2) is 18.5 Å². The molecular formula is C17H14F2O4. The summed E-state index contributed by atoms with van der Waals surface area (Å²) in [6.07, 6.45) is 0. The van der Waals surface area contributed by atoms with Crippen LogP contribution in [0.5, 0.6) is 0 Å². The number of rotatable bonds is 5. The van der Waals surface area contributed by atoms with E-state index in [0.717, 1.165) is 12.1 Å². The molecule has 0 atom stereocenters. The molecule has 0 bridgehead atoms. The van der Waals surface area contributed by atoms with Crippen molar-refractivity contribution in [1.29, 1.82) is 0 Å². The maximum atomic E-state index is 13.1. The minimum absolute atomic E-state index is 0.185. The van der Waals surface area contributed by atoms with Crippen molar-refractivity contribution < 1.29 is 27.8 Å². The zero-order valence-electron chi connectivity index (χ0n) is 12.3. The van der Waals surface area contributed by atoms with E-state index >= 15 is 0 Å². The van der Waals surface area contributed by atoms with Crippen molar-refractivity contribution in [2.45, 2.75) is 13.5 Å². The van der Waals surface area contributed by atoms with Gasteiger partial charge in [-0.05, 0) is 48.9 Å². The first kappa shape index (κ1) is 16.6. The Bertz CT molecular complexity index is 711. The standard InChI is InChI=1S/C17H14F2O4/c1-2-22-16(20)12-4-6-13(7-5-12)17(21)23-10-11-3-8-14(18)15(19)9-11/h3-9H,2,10H2,1H3. The van der Waals surface area contributed by atoms with E-state index in [9.17, 15) is 18.4 Å². The van der Waals surface area contributed by atoms with Crippen LogP contribution in [0.4, 0.5) is 8.78 Å². The van der Waals surface area contributed by atoms with Gasteiger partial charge in [-0.15, -0.1) is 0 Å². The van der Waals surface area contributed by atoms with Gasteiger partial charge < -0.3 is 9.47 Å². The monoisotopic (exact) mass is 320 g/mol. The van der Waals surface area contributed by atoms with Crippen molar-refractivity contribution >= 4 is 11.9 Å². The maximum absolute atomic E-state index is 13.1. The van der Waals surface area contributed by atoms with Gasteiger partial charge in [0.25, 0.3) is 0 Å². The normalized spacial score (nSPS) is 10.2. The lowest BCUT2D eigenvalue weighted by Crippen LogP contribution is -2.08. The van der Waals surface area contributed by atoms with Gasteiger partial charge in [-0.2, -0.15) is 0 Å². The molecule has 23 heavy (non-hydrogen) atoms. The van der Waals surface area contributed by atoms with Gasteiger partial charge in [-0.1, -0.05) is 6.07 Å². The first-order valence-electron chi connectivity index (χ1n) is 6.89. The molecule has 0 aliphatic heterocycles. The van der Waals surface area contributed by atoms with E-state index in [2.05, 4.69) is 0 Å². The number of carbonyl (C=O) groups is 2. The van der Waals surface area contributed by atoms with E-state index in [1.54, 1.807) is 6.92 Å². The third kappa shape index (κ3) is 4.35. The first-order chi connectivity index (χ1) is 11.0. The Labute approximate surface area is 131 Å². The van der Waals surface area contributed by atoms with E-state index in [1.807, 2.05) is 0 Å². The number of benzene rings is 2. The van der Waals surface area contributed by atoms with Gasteiger partial charge in [0.1, 0.15) is 6.61 Å². The highest BCUT2D eigenvalue weighted by atomic mass is 19.2. The molecule has 2 rings (SSSR count). The van der Waals surface area contributed by atoms with Crippen LogP contribution < -0.4 is 0 Å². The Morgan fingerprint density at radius 1 is 0.870 bits per heavy atom. The summed E-state index contributed by atoms with van der Waals surface area (Å²) in [5.41, 5.74) is 0.894. The van der Waals surface area contributed by atoms with Crippen LogP contribution >= 0.6 is 0 Å². The fourth-order valence-electron chi connectivity index (χ4n) is 1.82. The lowest BCUT2D eigenvalue weighted by molar-refractivity contribution is 0.0468. The van der Waals surface area contributed by atoms with Crippen LogP contribution in [0.2, 0.25) is 0 Å².